The fraction of sp³-hybridized carbons (Fsp3) is 0. The van der Waals surface area contributed by atoms with Crippen molar-refractivity contribution in [2.75, 3.05) is 0 Å². The molecule has 0 atom stereocenters. The highest BCUT2D eigenvalue weighted by molar-refractivity contribution is 9.10. The van der Waals surface area contributed by atoms with Crippen LogP contribution in [0.4, 0.5) is 9.18 Å². The van der Waals surface area contributed by atoms with Gasteiger partial charge in [0.25, 0.3) is 0 Å². The van der Waals surface area contributed by atoms with E-state index in [2.05, 4.69) is 15.9 Å². The summed E-state index contributed by atoms with van der Waals surface area (Å²) in [6.07, 6.45) is -1.03. The number of amides is 1. The Morgan fingerprint density at radius 2 is 1.77 bits per heavy atom. The Morgan fingerprint density at radius 3 is 2.36 bits per heavy atom. The Bertz CT molecular complexity index is 783. The van der Waals surface area contributed by atoms with E-state index in [1.54, 1.807) is 0 Å². The maximum Gasteiger partial charge on any atom is 0.410 e. The number of benzene rings is 2. The number of ketones is 1. The largest absolute Gasteiger partial charge is 0.410 e. The molecule has 2 N–H and O–H groups in total. The van der Waals surface area contributed by atoms with Crippen LogP contribution in [0.15, 0.2) is 34.8 Å². The first-order valence-electron chi connectivity index (χ1n) is 5.75. The highest BCUT2D eigenvalue weighted by Crippen LogP contribution is 2.33. The van der Waals surface area contributed by atoms with E-state index in [4.69, 9.17) is 33.7 Å². The molecule has 1 amide bonds. The molecule has 8 heteroatoms. The van der Waals surface area contributed by atoms with Gasteiger partial charge in [0.15, 0.2) is 11.5 Å². The molecule has 4 nitrogen and oxygen atoms in total. The van der Waals surface area contributed by atoms with Gasteiger partial charge >= 0.3 is 6.09 Å². The summed E-state index contributed by atoms with van der Waals surface area (Å²) in [6.45, 7) is 0. The van der Waals surface area contributed by atoms with Gasteiger partial charge in [-0.3, -0.25) is 4.79 Å². The van der Waals surface area contributed by atoms with Gasteiger partial charge in [-0.25, -0.2) is 9.18 Å². The first-order valence-corrected chi connectivity index (χ1v) is 7.30. The zero-order valence-corrected chi connectivity index (χ0v) is 13.8. The molecule has 0 saturated heterocycles. The summed E-state index contributed by atoms with van der Waals surface area (Å²) in [4.78, 5) is 23.2. The van der Waals surface area contributed by atoms with Crippen molar-refractivity contribution >= 4 is 51.0 Å². The molecule has 0 aliphatic heterocycles. The van der Waals surface area contributed by atoms with Crippen LogP contribution in [0.5, 0.6) is 5.75 Å². The quantitative estimate of drug-likeness (QED) is 0.758. The van der Waals surface area contributed by atoms with Crippen molar-refractivity contribution in [1.82, 2.24) is 0 Å². The van der Waals surface area contributed by atoms with Gasteiger partial charge in [-0.2, -0.15) is 0 Å². The van der Waals surface area contributed by atoms with E-state index >= 15 is 0 Å². The lowest BCUT2D eigenvalue weighted by atomic mass is 10.0. The fourth-order valence-electron chi connectivity index (χ4n) is 1.71. The van der Waals surface area contributed by atoms with E-state index in [0.717, 1.165) is 12.1 Å². The van der Waals surface area contributed by atoms with Crippen LogP contribution in [0.1, 0.15) is 15.9 Å². The van der Waals surface area contributed by atoms with Crippen molar-refractivity contribution in [2.45, 2.75) is 0 Å². The van der Waals surface area contributed by atoms with Crippen molar-refractivity contribution in [3.05, 3.63) is 61.8 Å². The molecule has 0 heterocycles. The topological polar surface area (TPSA) is 69.4 Å². The first kappa shape index (κ1) is 16.7. The molecule has 0 aliphatic rings. The standard InChI is InChI=1S/C14H7BrCl2FNO3/c15-9-5-12(22-14(19)21)11(17)4-8(9)13(20)7-2-1-6(18)3-10(7)16/h1-5H,(H2,19,21). The summed E-state index contributed by atoms with van der Waals surface area (Å²) in [5.41, 5.74) is 5.20. The van der Waals surface area contributed by atoms with Crippen LogP contribution in [0, 0.1) is 5.82 Å². The van der Waals surface area contributed by atoms with E-state index in [-0.39, 0.29) is 26.9 Å². The van der Waals surface area contributed by atoms with Gasteiger partial charge < -0.3 is 10.5 Å². The molecule has 0 radical (unpaired) electrons. The molecule has 2 aromatic rings. The molecule has 0 unspecified atom stereocenters. The van der Waals surface area contributed by atoms with Crippen molar-refractivity contribution in [2.24, 2.45) is 5.73 Å². The minimum absolute atomic E-state index is 0.00259. The van der Waals surface area contributed by atoms with Crippen LogP contribution >= 0.6 is 39.1 Å². The third-order valence-electron chi connectivity index (χ3n) is 2.65. The summed E-state index contributed by atoms with van der Waals surface area (Å²) < 4.78 is 18.1. The minimum atomic E-state index is -1.03. The van der Waals surface area contributed by atoms with Crippen molar-refractivity contribution < 1.29 is 18.7 Å². The molecule has 2 aromatic carbocycles. The van der Waals surface area contributed by atoms with E-state index in [9.17, 15) is 14.0 Å². The van der Waals surface area contributed by atoms with Gasteiger partial charge in [0, 0.05) is 15.6 Å². The molecule has 114 valence electrons. The van der Waals surface area contributed by atoms with Crippen LogP contribution < -0.4 is 10.5 Å². The molecule has 0 spiro atoms. The number of primary amides is 1. The predicted octanol–water partition coefficient (Wildman–Crippen LogP) is 4.58. The molecule has 0 fully saturated rings. The van der Waals surface area contributed by atoms with E-state index in [1.165, 1.54) is 18.2 Å². The molecule has 0 bridgehead atoms. The Hall–Kier alpha value is -1.63. The normalized spacial score (nSPS) is 10.4. The van der Waals surface area contributed by atoms with Gasteiger partial charge in [0.2, 0.25) is 0 Å². The maximum absolute atomic E-state index is 13.0. The predicted molar refractivity (Wildman–Crippen MR) is 84.2 cm³/mol. The third-order valence-corrected chi connectivity index (χ3v) is 3.92. The van der Waals surface area contributed by atoms with E-state index in [1.807, 2.05) is 0 Å². The number of carbonyl (C=O) groups excluding carboxylic acids is 2. The Balaban J connectivity index is 2.46. The van der Waals surface area contributed by atoms with Crippen LogP contribution in [0.3, 0.4) is 0 Å². The third kappa shape index (κ3) is 3.58. The van der Waals surface area contributed by atoms with E-state index < -0.39 is 17.7 Å². The van der Waals surface area contributed by atoms with Crippen LogP contribution in [0.25, 0.3) is 0 Å². The number of ether oxygens (including phenoxy) is 1. The number of hydrogen-bond acceptors (Lipinski definition) is 3. The summed E-state index contributed by atoms with van der Waals surface area (Å²) in [5, 5.41) is -0.00549. The van der Waals surface area contributed by atoms with Gasteiger partial charge in [-0.15, -0.1) is 0 Å². The zero-order chi connectivity index (χ0) is 16.4. The SMILES string of the molecule is NC(=O)Oc1cc(Br)c(C(=O)c2ccc(F)cc2Cl)cc1Cl. The molecular weight excluding hydrogens is 400 g/mol. The molecule has 22 heavy (non-hydrogen) atoms. The van der Waals surface area contributed by atoms with Crippen molar-refractivity contribution in [3.8, 4) is 5.75 Å². The summed E-state index contributed by atoms with van der Waals surface area (Å²) >= 11 is 15.0. The zero-order valence-electron chi connectivity index (χ0n) is 10.7. The van der Waals surface area contributed by atoms with Crippen LogP contribution in [0.2, 0.25) is 10.0 Å². The van der Waals surface area contributed by atoms with Gasteiger partial charge in [0.1, 0.15) is 5.82 Å². The van der Waals surface area contributed by atoms with Gasteiger partial charge in [0.05, 0.1) is 10.0 Å². The summed E-state index contributed by atoms with van der Waals surface area (Å²) in [7, 11) is 0. The summed E-state index contributed by atoms with van der Waals surface area (Å²) in [6, 6.07) is 6.06. The minimum Gasteiger partial charge on any atom is -0.409 e. The number of hydrogen-bond donors (Lipinski definition) is 1. The lowest BCUT2D eigenvalue weighted by molar-refractivity contribution is 0.103. The number of halogens is 4. The highest BCUT2D eigenvalue weighted by Gasteiger charge is 2.19. The molecule has 0 aromatic heterocycles. The van der Waals surface area contributed by atoms with Crippen LogP contribution in [-0.2, 0) is 0 Å². The number of nitrogens with two attached hydrogens (primary N) is 1. The van der Waals surface area contributed by atoms with Gasteiger partial charge in [-0.1, -0.05) is 23.2 Å². The summed E-state index contributed by atoms with van der Waals surface area (Å²) in [5.74, 6) is -1.02. The second kappa shape index (κ2) is 6.64. The van der Waals surface area contributed by atoms with Crippen molar-refractivity contribution in [3.63, 3.8) is 0 Å². The second-order valence-corrected chi connectivity index (χ2v) is 5.81. The average Bonchev–Trinajstić information content (AvgIpc) is 2.41. The molecule has 0 aliphatic carbocycles. The maximum atomic E-state index is 13.0. The van der Waals surface area contributed by atoms with Crippen LogP contribution in [-0.4, -0.2) is 11.9 Å². The Kier molecular flexibility index (Phi) is 5.05. The smallest absolute Gasteiger partial charge is 0.409 e. The van der Waals surface area contributed by atoms with Gasteiger partial charge in [-0.05, 0) is 46.3 Å². The number of rotatable bonds is 3. The number of carbonyl (C=O) groups is 2. The average molecular weight is 407 g/mol. The Labute approximate surface area is 143 Å². The van der Waals surface area contributed by atoms with E-state index in [0.29, 0.717) is 4.47 Å². The monoisotopic (exact) mass is 405 g/mol. The highest BCUT2D eigenvalue weighted by atomic mass is 79.9. The lowest BCUT2D eigenvalue weighted by Gasteiger charge is -2.09. The first-order chi connectivity index (χ1) is 10.3. The molecule has 0 saturated carbocycles. The molecule has 2 rings (SSSR count). The lowest BCUT2D eigenvalue weighted by Crippen LogP contribution is -2.16. The molecular formula is C14H7BrCl2FNO3. The second-order valence-electron chi connectivity index (χ2n) is 4.14. The van der Waals surface area contributed by atoms with Crippen molar-refractivity contribution in [1.29, 1.82) is 0 Å². The Morgan fingerprint density at radius 1 is 1.09 bits per heavy atom. The fourth-order valence-corrected chi connectivity index (χ4v) is 2.67.